The van der Waals surface area contributed by atoms with Gasteiger partial charge in [0, 0.05) is 28.5 Å². The van der Waals surface area contributed by atoms with Gasteiger partial charge < -0.3 is 5.32 Å². The van der Waals surface area contributed by atoms with E-state index in [9.17, 15) is 9.00 Å². The van der Waals surface area contributed by atoms with Crippen molar-refractivity contribution in [3.63, 3.8) is 0 Å². The first kappa shape index (κ1) is 18.2. The standard InChI is InChI=1S/C16H25NO2S2/c1-5-6-10-20-13(3)16(18)17-15-9-7-8-14(12(15)2)11-21(4)19/h7-9,13H,5-6,10-11H2,1-4H3,(H,17,18). The van der Waals surface area contributed by atoms with E-state index in [1.807, 2.05) is 32.0 Å². The van der Waals surface area contributed by atoms with Crippen LogP contribution in [0.25, 0.3) is 0 Å². The lowest BCUT2D eigenvalue weighted by molar-refractivity contribution is -0.115. The molecule has 0 spiro atoms. The molecule has 1 rings (SSSR count). The van der Waals surface area contributed by atoms with Gasteiger partial charge in [-0.3, -0.25) is 9.00 Å². The van der Waals surface area contributed by atoms with Crippen LogP contribution in [0.2, 0.25) is 0 Å². The molecule has 5 heteroatoms. The third-order valence-corrected chi connectivity index (χ3v) is 5.25. The second kappa shape index (κ2) is 9.26. The Balaban J connectivity index is 2.69. The zero-order valence-corrected chi connectivity index (χ0v) is 14.9. The van der Waals surface area contributed by atoms with Crippen LogP contribution in [0.4, 0.5) is 5.69 Å². The van der Waals surface area contributed by atoms with Crippen LogP contribution in [0.1, 0.15) is 37.8 Å². The first-order valence-corrected chi connectivity index (χ1v) is 10.0. The number of carbonyl (C=O) groups excluding carboxylic acids is 1. The zero-order valence-electron chi connectivity index (χ0n) is 13.3. The summed E-state index contributed by atoms with van der Waals surface area (Å²) in [5, 5.41) is 2.94. The molecule has 3 nitrogen and oxygen atoms in total. The summed E-state index contributed by atoms with van der Waals surface area (Å²) in [7, 11) is -0.879. The van der Waals surface area contributed by atoms with Gasteiger partial charge in [-0.2, -0.15) is 0 Å². The van der Waals surface area contributed by atoms with E-state index in [1.165, 1.54) is 0 Å². The lowest BCUT2D eigenvalue weighted by Crippen LogP contribution is -2.23. The Bertz CT molecular complexity index is 503. The summed E-state index contributed by atoms with van der Waals surface area (Å²) in [6.07, 6.45) is 3.98. The Morgan fingerprint density at radius 2 is 2.14 bits per heavy atom. The van der Waals surface area contributed by atoms with Crippen LogP contribution in [0.15, 0.2) is 18.2 Å². The fourth-order valence-corrected chi connectivity index (χ4v) is 3.68. The Kier molecular flexibility index (Phi) is 8.04. The Morgan fingerprint density at radius 1 is 1.43 bits per heavy atom. The molecule has 0 saturated carbocycles. The zero-order chi connectivity index (χ0) is 15.8. The average molecular weight is 328 g/mol. The van der Waals surface area contributed by atoms with Crippen LogP contribution < -0.4 is 5.32 Å². The van der Waals surface area contributed by atoms with Crippen molar-refractivity contribution in [1.29, 1.82) is 0 Å². The molecule has 1 aromatic rings. The van der Waals surface area contributed by atoms with Crippen LogP contribution in [0.3, 0.4) is 0 Å². The molecule has 0 aromatic heterocycles. The molecule has 0 aliphatic carbocycles. The number of hydrogen-bond acceptors (Lipinski definition) is 3. The Labute approximate surface area is 134 Å². The summed E-state index contributed by atoms with van der Waals surface area (Å²) in [5.74, 6) is 1.57. The number of thioether (sulfide) groups is 1. The first-order valence-electron chi connectivity index (χ1n) is 7.26. The second-order valence-electron chi connectivity index (χ2n) is 5.16. The van der Waals surface area contributed by atoms with Crippen LogP contribution in [-0.2, 0) is 21.3 Å². The van der Waals surface area contributed by atoms with Crippen molar-refractivity contribution in [2.75, 3.05) is 17.3 Å². The molecule has 0 heterocycles. The molecule has 2 unspecified atom stereocenters. The third kappa shape index (κ3) is 6.22. The predicted octanol–water partition coefficient (Wildman–Crippen LogP) is 3.73. The number of rotatable bonds is 8. The number of unbranched alkanes of at least 4 members (excludes halogenated alkanes) is 1. The van der Waals surface area contributed by atoms with Gasteiger partial charge in [0.2, 0.25) is 5.91 Å². The monoisotopic (exact) mass is 327 g/mol. The van der Waals surface area contributed by atoms with Crippen molar-refractivity contribution in [2.45, 2.75) is 44.6 Å². The van der Waals surface area contributed by atoms with Gasteiger partial charge in [-0.15, -0.1) is 11.8 Å². The minimum absolute atomic E-state index is 0.0361. The lowest BCUT2D eigenvalue weighted by Gasteiger charge is -2.15. The minimum atomic E-state index is -0.879. The predicted molar refractivity (Wildman–Crippen MR) is 94.4 cm³/mol. The van der Waals surface area contributed by atoms with Crippen LogP contribution in [0.5, 0.6) is 0 Å². The van der Waals surface area contributed by atoms with Crippen LogP contribution in [-0.4, -0.2) is 27.4 Å². The molecule has 1 aromatic carbocycles. The van der Waals surface area contributed by atoms with Crippen molar-refractivity contribution < 1.29 is 9.00 Å². The minimum Gasteiger partial charge on any atom is -0.325 e. The normalized spacial score (nSPS) is 13.7. The number of carbonyl (C=O) groups is 1. The fourth-order valence-electron chi connectivity index (χ4n) is 1.91. The van der Waals surface area contributed by atoms with E-state index in [4.69, 9.17) is 0 Å². The van der Waals surface area contributed by atoms with E-state index < -0.39 is 10.8 Å². The van der Waals surface area contributed by atoms with E-state index in [-0.39, 0.29) is 11.2 Å². The number of hydrogen-bond donors (Lipinski definition) is 1. The van der Waals surface area contributed by atoms with E-state index in [1.54, 1.807) is 18.0 Å². The van der Waals surface area contributed by atoms with Crippen molar-refractivity contribution in [3.05, 3.63) is 29.3 Å². The van der Waals surface area contributed by atoms with Crippen LogP contribution in [0, 0.1) is 6.92 Å². The summed E-state index contributed by atoms with van der Waals surface area (Å²) >= 11 is 1.69. The van der Waals surface area contributed by atoms with Gasteiger partial charge in [-0.05, 0) is 43.2 Å². The number of anilines is 1. The van der Waals surface area contributed by atoms with Gasteiger partial charge in [0.1, 0.15) is 0 Å². The maximum Gasteiger partial charge on any atom is 0.237 e. The molecule has 0 aliphatic heterocycles. The first-order chi connectivity index (χ1) is 9.95. The van der Waals surface area contributed by atoms with E-state index in [0.717, 1.165) is 35.4 Å². The molecule has 21 heavy (non-hydrogen) atoms. The maximum atomic E-state index is 12.2. The van der Waals surface area contributed by atoms with E-state index >= 15 is 0 Å². The van der Waals surface area contributed by atoms with Crippen LogP contribution >= 0.6 is 11.8 Å². The highest BCUT2D eigenvalue weighted by Gasteiger charge is 2.15. The average Bonchev–Trinajstić information content (AvgIpc) is 2.42. The quantitative estimate of drug-likeness (QED) is 0.740. The van der Waals surface area contributed by atoms with Crippen molar-refractivity contribution >= 4 is 34.2 Å². The summed E-state index contributed by atoms with van der Waals surface area (Å²) in [6.45, 7) is 6.06. The summed E-state index contributed by atoms with van der Waals surface area (Å²) in [4.78, 5) is 12.2. The topological polar surface area (TPSA) is 46.2 Å². The summed E-state index contributed by atoms with van der Waals surface area (Å²) in [6, 6.07) is 5.77. The highest BCUT2D eigenvalue weighted by molar-refractivity contribution is 8.00. The molecule has 0 fully saturated rings. The smallest absolute Gasteiger partial charge is 0.237 e. The maximum absolute atomic E-state index is 12.2. The molecule has 0 bridgehead atoms. The molecule has 1 N–H and O–H groups in total. The molecule has 1 amide bonds. The van der Waals surface area contributed by atoms with Gasteiger partial charge >= 0.3 is 0 Å². The molecule has 0 radical (unpaired) electrons. The highest BCUT2D eigenvalue weighted by atomic mass is 32.2. The number of amides is 1. The molecule has 0 aliphatic rings. The molecule has 2 atom stereocenters. The largest absolute Gasteiger partial charge is 0.325 e. The Hall–Kier alpha value is -0.810. The van der Waals surface area contributed by atoms with E-state index in [2.05, 4.69) is 12.2 Å². The molecular weight excluding hydrogens is 302 g/mol. The Morgan fingerprint density at radius 3 is 2.76 bits per heavy atom. The van der Waals surface area contributed by atoms with Gasteiger partial charge in [0.15, 0.2) is 0 Å². The number of benzene rings is 1. The fraction of sp³-hybridized carbons (Fsp3) is 0.562. The van der Waals surface area contributed by atoms with Gasteiger partial charge in [0.05, 0.1) is 5.25 Å². The molecule has 0 saturated heterocycles. The van der Waals surface area contributed by atoms with Gasteiger partial charge in [-0.1, -0.05) is 25.5 Å². The van der Waals surface area contributed by atoms with Crippen molar-refractivity contribution in [3.8, 4) is 0 Å². The second-order valence-corrected chi connectivity index (χ2v) is 8.05. The summed E-state index contributed by atoms with van der Waals surface area (Å²) < 4.78 is 11.4. The third-order valence-electron chi connectivity index (χ3n) is 3.30. The van der Waals surface area contributed by atoms with Crippen molar-refractivity contribution in [2.24, 2.45) is 0 Å². The lowest BCUT2D eigenvalue weighted by atomic mass is 10.1. The molecule has 118 valence electrons. The number of nitrogens with one attached hydrogen (secondary N) is 1. The van der Waals surface area contributed by atoms with E-state index in [0.29, 0.717) is 5.75 Å². The SMILES string of the molecule is CCCCSC(C)C(=O)Nc1cccc(CS(C)=O)c1C. The molecular formula is C16H25NO2S2. The van der Waals surface area contributed by atoms with Gasteiger partial charge in [-0.25, -0.2) is 0 Å². The highest BCUT2D eigenvalue weighted by Crippen LogP contribution is 2.22. The van der Waals surface area contributed by atoms with Gasteiger partial charge in [0.25, 0.3) is 0 Å². The van der Waals surface area contributed by atoms with Crippen molar-refractivity contribution in [1.82, 2.24) is 0 Å². The summed E-state index contributed by atoms with van der Waals surface area (Å²) in [5.41, 5.74) is 2.86.